The molecule has 1 aromatic rings. The van der Waals surface area contributed by atoms with Crippen LogP contribution in [-0.4, -0.2) is 31.2 Å². The van der Waals surface area contributed by atoms with Crippen molar-refractivity contribution in [2.24, 2.45) is 0 Å². The van der Waals surface area contributed by atoms with Crippen molar-refractivity contribution in [3.63, 3.8) is 0 Å². The maximum Gasteiger partial charge on any atom is 0.185 e. The standard InChI is InChI=1S/C13H20O3/c1-13(14,12(15-2)16-3)10-9-11-7-5-4-6-8-11/h4-8,12,14H,9-10H2,1-3H3. The Hall–Kier alpha value is -0.900. The van der Waals surface area contributed by atoms with Gasteiger partial charge in [0.15, 0.2) is 6.29 Å². The molecule has 0 fully saturated rings. The summed E-state index contributed by atoms with van der Waals surface area (Å²) in [5, 5.41) is 10.2. The van der Waals surface area contributed by atoms with Gasteiger partial charge in [-0.2, -0.15) is 0 Å². The third-order valence-corrected chi connectivity index (χ3v) is 2.70. The van der Waals surface area contributed by atoms with Crippen LogP contribution in [0.5, 0.6) is 0 Å². The van der Waals surface area contributed by atoms with Crippen LogP contribution in [0.2, 0.25) is 0 Å². The number of aliphatic hydroxyl groups is 1. The van der Waals surface area contributed by atoms with E-state index in [1.807, 2.05) is 30.3 Å². The molecule has 0 bridgehead atoms. The second-order valence-electron chi connectivity index (χ2n) is 4.15. The van der Waals surface area contributed by atoms with E-state index >= 15 is 0 Å². The lowest BCUT2D eigenvalue weighted by atomic mass is 9.96. The first kappa shape index (κ1) is 13.2. The Kier molecular flexibility index (Phi) is 4.93. The number of hydrogen-bond donors (Lipinski definition) is 1. The molecule has 90 valence electrons. The lowest BCUT2D eigenvalue weighted by Crippen LogP contribution is -2.42. The molecule has 1 rings (SSSR count). The number of methoxy groups -OCH3 is 2. The van der Waals surface area contributed by atoms with Gasteiger partial charge >= 0.3 is 0 Å². The normalized spacial score (nSPS) is 15.1. The molecule has 0 heterocycles. The van der Waals surface area contributed by atoms with Crippen LogP contribution in [0.1, 0.15) is 18.9 Å². The fraction of sp³-hybridized carbons (Fsp3) is 0.538. The summed E-state index contributed by atoms with van der Waals surface area (Å²) in [6.07, 6.45) is 0.816. The van der Waals surface area contributed by atoms with E-state index in [-0.39, 0.29) is 0 Å². The summed E-state index contributed by atoms with van der Waals surface area (Å²) >= 11 is 0. The van der Waals surface area contributed by atoms with E-state index in [0.717, 1.165) is 6.42 Å². The van der Waals surface area contributed by atoms with E-state index in [2.05, 4.69) is 0 Å². The molecule has 3 heteroatoms. The average molecular weight is 224 g/mol. The molecule has 1 atom stereocenters. The smallest absolute Gasteiger partial charge is 0.185 e. The largest absolute Gasteiger partial charge is 0.385 e. The summed E-state index contributed by atoms with van der Waals surface area (Å²) in [6.45, 7) is 1.73. The number of aryl methyl sites for hydroxylation is 1. The minimum Gasteiger partial charge on any atom is -0.385 e. The Morgan fingerprint density at radius 2 is 1.75 bits per heavy atom. The molecule has 0 radical (unpaired) electrons. The lowest BCUT2D eigenvalue weighted by molar-refractivity contribution is -0.210. The topological polar surface area (TPSA) is 38.7 Å². The van der Waals surface area contributed by atoms with Crippen LogP contribution in [0.3, 0.4) is 0 Å². The molecule has 3 nitrogen and oxygen atoms in total. The lowest BCUT2D eigenvalue weighted by Gasteiger charge is -2.30. The molecule has 0 aliphatic carbocycles. The van der Waals surface area contributed by atoms with Crippen LogP contribution in [0, 0.1) is 0 Å². The summed E-state index contributed by atoms with van der Waals surface area (Å²) in [5.41, 5.74) is 0.230. The van der Waals surface area contributed by atoms with Gasteiger partial charge < -0.3 is 14.6 Å². The molecule has 0 amide bonds. The van der Waals surface area contributed by atoms with Gasteiger partial charge in [-0.1, -0.05) is 30.3 Å². The predicted molar refractivity (Wildman–Crippen MR) is 63.2 cm³/mol. The molecule has 1 N–H and O–H groups in total. The molecule has 16 heavy (non-hydrogen) atoms. The summed E-state index contributed by atoms with van der Waals surface area (Å²) in [7, 11) is 3.07. The van der Waals surface area contributed by atoms with Crippen LogP contribution in [0.15, 0.2) is 30.3 Å². The second kappa shape index (κ2) is 5.99. The predicted octanol–water partition coefficient (Wildman–Crippen LogP) is 1.99. The van der Waals surface area contributed by atoms with Crippen LogP contribution in [0.25, 0.3) is 0 Å². The number of benzene rings is 1. The zero-order valence-corrected chi connectivity index (χ0v) is 10.1. The maximum atomic E-state index is 10.2. The summed E-state index contributed by atoms with van der Waals surface area (Å²) in [6, 6.07) is 10.1. The summed E-state index contributed by atoms with van der Waals surface area (Å²) in [5.74, 6) is 0. The van der Waals surface area contributed by atoms with Gasteiger partial charge in [-0.05, 0) is 25.3 Å². The SMILES string of the molecule is COC(OC)C(C)(O)CCc1ccccc1. The number of hydrogen-bond acceptors (Lipinski definition) is 3. The van der Waals surface area contributed by atoms with Crippen molar-refractivity contribution in [1.29, 1.82) is 0 Å². The number of ether oxygens (including phenoxy) is 2. The van der Waals surface area contributed by atoms with Gasteiger partial charge in [0.1, 0.15) is 5.60 Å². The average Bonchev–Trinajstić information content (AvgIpc) is 2.29. The third-order valence-electron chi connectivity index (χ3n) is 2.70. The molecule has 0 aliphatic heterocycles. The van der Waals surface area contributed by atoms with Crippen molar-refractivity contribution < 1.29 is 14.6 Å². The Labute approximate surface area is 97.0 Å². The van der Waals surface area contributed by atoms with E-state index in [1.165, 1.54) is 19.8 Å². The van der Waals surface area contributed by atoms with Crippen molar-refractivity contribution >= 4 is 0 Å². The van der Waals surface area contributed by atoms with Gasteiger partial charge in [0, 0.05) is 14.2 Å². The zero-order chi connectivity index (χ0) is 12.0. The van der Waals surface area contributed by atoms with E-state index in [0.29, 0.717) is 6.42 Å². The summed E-state index contributed by atoms with van der Waals surface area (Å²) in [4.78, 5) is 0. The quantitative estimate of drug-likeness (QED) is 0.751. The minimum atomic E-state index is -0.973. The molecule has 0 saturated carbocycles. The highest BCUT2D eigenvalue weighted by atomic mass is 16.7. The van der Waals surface area contributed by atoms with Crippen molar-refractivity contribution in [2.75, 3.05) is 14.2 Å². The van der Waals surface area contributed by atoms with Crippen LogP contribution in [-0.2, 0) is 15.9 Å². The van der Waals surface area contributed by atoms with Crippen LogP contribution >= 0.6 is 0 Å². The third kappa shape index (κ3) is 3.59. The maximum absolute atomic E-state index is 10.2. The summed E-state index contributed by atoms with van der Waals surface area (Å²) < 4.78 is 10.2. The molecular formula is C13H20O3. The highest BCUT2D eigenvalue weighted by molar-refractivity contribution is 5.15. The second-order valence-corrected chi connectivity index (χ2v) is 4.15. The molecule has 0 aromatic heterocycles. The Balaban J connectivity index is 2.53. The number of rotatable bonds is 6. The highest BCUT2D eigenvalue weighted by Crippen LogP contribution is 2.20. The molecule has 0 saturated heterocycles. The Morgan fingerprint density at radius 1 is 1.19 bits per heavy atom. The fourth-order valence-electron chi connectivity index (χ4n) is 1.76. The first-order chi connectivity index (χ1) is 7.60. The first-order valence-electron chi connectivity index (χ1n) is 5.42. The van der Waals surface area contributed by atoms with Gasteiger partial charge in [-0.3, -0.25) is 0 Å². The molecule has 0 spiro atoms. The Morgan fingerprint density at radius 3 is 2.25 bits per heavy atom. The Bertz CT molecular complexity index is 291. The molecule has 0 aliphatic rings. The van der Waals surface area contributed by atoms with Crippen LogP contribution in [0.4, 0.5) is 0 Å². The van der Waals surface area contributed by atoms with E-state index in [1.54, 1.807) is 6.92 Å². The van der Waals surface area contributed by atoms with Crippen molar-refractivity contribution in [3.05, 3.63) is 35.9 Å². The van der Waals surface area contributed by atoms with Crippen molar-refractivity contribution in [2.45, 2.75) is 31.7 Å². The van der Waals surface area contributed by atoms with E-state index in [9.17, 15) is 5.11 Å². The van der Waals surface area contributed by atoms with Gasteiger partial charge in [-0.25, -0.2) is 0 Å². The van der Waals surface area contributed by atoms with E-state index in [4.69, 9.17) is 9.47 Å². The van der Waals surface area contributed by atoms with Gasteiger partial charge in [0.25, 0.3) is 0 Å². The van der Waals surface area contributed by atoms with Crippen molar-refractivity contribution in [1.82, 2.24) is 0 Å². The van der Waals surface area contributed by atoms with Gasteiger partial charge in [-0.15, -0.1) is 0 Å². The zero-order valence-electron chi connectivity index (χ0n) is 10.1. The minimum absolute atomic E-state index is 0.587. The van der Waals surface area contributed by atoms with Crippen LogP contribution < -0.4 is 0 Å². The van der Waals surface area contributed by atoms with Gasteiger partial charge in [0.2, 0.25) is 0 Å². The molecular weight excluding hydrogens is 204 g/mol. The molecule has 1 aromatic carbocycles. The molecule has 1 unspecified atom stereocenters. The highest BCUT2D eigenvalue weighted by Gasteiger charge is 2.31. The first-order valence-corrected chi connectivity index (χ1v) is 5.42. The van der Waals surface area contributed by atoms with Gasteiger partial charge in [0.05, 0.1) is 0 Å². The van der Waals surface area contributed by atoms with Crippen molar-refractivity contribution in [3.8, 4) is 0 Å². The fourth-order valence-corrected chi connectivity index (χ4v) is 1.76. The van der Waals surface area contributed by atoms with E-state index < -0.39 is 11.9 Å². The monoisotopic (exact) mass is 224 g/mol.